The van der Waals surface area contributed by atoms with Crippen LogP contribution in [0.2, 0.25) is 0 Å². The Labute approximate surface area is 350 Å². The third-order valence-electron chi connectivity index (χ3n) is 9.40. The second kappa shape index (κ2) is 45.3. The van der Waals surface area contributed by atoms with E-state index in [1.54, 1.807) is 0 Å². The lowest BCUT2D eigenvalue weighted by Crippen LogP contribution is -2.30. The molecule has 0 radical (unpaired) electrons. The SMILES string of the molecule is CC/C=C\C/C=C\C/C=C\C/C=C\CCCCCCCCC(=O)OCC(COC(=O)CCCCCCC)OC(=O)CCCCCCC/C=C\C/C=C\C/C=C\CC. The van der Waals surface area contributed by atoms with Gasteiger partial charge in [-0.3, -0.25) is 14.4 Å². The van der Waals surface area contributed by atoms with Crippen LogP contribution in [0.5, 0.6) is 0 Å². The van der Waals surface area contributed by atoms with Gasteiger partial charge >= 0.3 is 17.9 Å². The van der Waals surface area contributed by atoms with Crippen molar-refractivity contribution in [3.05, 3.63) is 85.1 Å². The van der Waals surface area contributed by atoms with Gasteiger partial charge in [-0.15, -0.1) is 0 Å². The molecule has 57 heavy (non-hydrogen) atoms. The van der Waals surface area contributed by atoms with Crippen molar-refractivity contribution in [1.82, 2.24) is 0 Å². The van der Waals surface area contributed by atoms with E-state index < -0.39 is 6.10 Å². The molecule has 0 amide bonds. The van der Waals surface area contributed by atoms with Crippen molar-refractivity contribution in [3.63, 3.8) is 0 Å². The molecule has 0 saturated carbocycles. The Balaban J connectivity index is 4.27. The van der Waals surface area contributed by atoms with Gasteiger partial charge in [-0.25, -0.2) is 0 Å². The zero-order valence-corrected chi connectivity index (χ0v) is 36.8. The van der Waals surface area contributed by atoms with Gasteiger partial charge in [0.25, 0.3) is 0 Å². The van der Waals surface area contributed by atoms with Crippen molar-refractivity contribution in [2.24, 2.45) is 0 Å². The number of unbranched alkanes of at least 4 members (excludes halogenated alkanes) is 15. The fraction of sp³-hybridized carbons (Fsp3) is 0.667. The maximum atomic E-state index is 12.7. The van der Waals surface area contributed by atoms with Gasteiger partial charge in [0.05, 0.1) is 0 Å². The smallest absolute Gasteiger partial charge is 0.306 e. The quantitative estimate of drug-likeness (QED) is 0.0266. The molecule has 0 rings (SSSR count). The average molecular weight is 793 g/mol. The molecular formula is C51H84O6. The van der Waals surface area contributed by atoms with Crippen LogP contribution >= 0.6 is 0 Å². The first-order valence-electron chi connectivity index (χ1n) is 23.1. The van der Waals surface area contributed by atoms with Gasteiger partial charge in [0.1, 0.15) is 13.2 Å². The van der Waals surface area contributed by atoms with Crippen LogP contribution in [0.25, 0.3) is 0 Å². The molecule has 6 nitrogen and oxygen atoms in total. The van der Waals surface area contributed by atoms with Crippen LogP contribution in [0, 0.1) is 0 Å². The van der Waals surface area contributed by atoms with E-state index in [9.17, 15) is 14.4 Å². The first-order chi connectivity index (χ1) is 28.0. The second-order valence-electron chi connectivity index (χ2n) is 14.9. The van der Waals surface area contributed by atoms with Gasteiger partial charge in [-0.1, -0.05) is 176 Å². The molecule has 324 valence electrons. The van der Waals surface area contributed by atoms with Gasteiger partial charge in [-0.2, -0.15) is 0 Å². The van der Waals surface area contributed by atoms with Crippen molar-refractivity contribution in [2.45, 2.75) is 207 Å². The van der Waals surface area contributed by atoms with Gasteiger partial charge in [0.15, 0.2) is 6.10 Å². The molecule has 0 bridgehead atoms. The largest absolute Gasteiger partial charge is 0.462 e. The van der Waals surface area contributed by atoms with Crippen molar-refractivity contribution < 1.29 is 28.6 Å². The highest BCUT2D eigenvalue weighted by Crippen LogP contribution is 2.13. The molecule has 0 N–H and O–H groups in total. The molecule has 0 aliphatic carbocycles. The van der Waals surface area contributed by atoms with Gasteiger partial charge in [-0.05, 0) is 89.9 Å². The Bertz CT molecular complexity index is 1140. The third kappa shape index (κ3) is 43.6. The minimum absolute atomic E-state index is 0.0903. The summed E-state index contributed by atoms with van der Waals surface area (Å²) in [5, 5.41) is 0. The molecule has 1 unspecified atom stereocenters. The van der Waals surface area contributed by atoms with E-state index in [2.05, 4.69) is 106 Å². The molecule has 0 aromatic carbocycles. The van der Waals surface area contributed by atoms with Crippen LogP contribution in [0.4, 0.5) is 0 Å². The van der Waals surface area contributed by atoms with E-state index in [-0.39, 0.29) is 31.1 Å². The summed E-state index contributed by atoms with van der Waals surface area (Å²) in [5.74, 6) is -0.943. The monoisotopic (exact) mass is 793 g/mol. The Kier molecular flexibility index (Phi) is 42.6. The molecule has 6 heteroatoms. The summed E-state index contributed by atoms with van der Waals surface area (Å²) in [5.41, 5.74) is 0. The van der Waals surface area contributed by atoms with Crippen LogP contribution in [-0.2, 0) is 28.6 Å². The molecular weight excluding hydrogens is 709 g/mol. The molecule has 0 fully saturated rings. The van der Waals surface area contributed by atoms with Crippen molar-refractivity contribution in [2.75, 3.05) is 13.2 Å². The second-order valence-corrected chi connectivity index (χ2v) is 14.9. The van der Waals surface area contributed by atoms with Gasteiger partial charge in [0.2, 0.25) is 0 Å². The molecule has 1 atom stereocenters. The number of carbonyl (C=O) groups excluding carboxylic acids is 3. The Hall–Kier alpha value is -3.41. The fourth-order valence-electron chi connectivity index (χ4n) is 5.97. The minimum Gasteiger partial charge on any atom is -0.462 e. The fourth-order valence-corrected chi connectivity index (χ4v) is 5.97. The van der Waals surface area contributed by atoms with Crippen LogP contribution in [-0.4, -0.2) is 37.2 Å². The number of esters is 3. The lowest BCUT2D eigenvalue weighted by Gasteiger charge is -2.18. The number of allylic oxidation sites excluding steroid dienone is 14. The van der Waals surface area contributed by atoms with Crippen molar-refractivity contribution in [1.29, 1.82) is 0 Å². The predicted octanol–water partition coefficient (Wildman–Crippen LogP) is 14.9. The molecule has 0 aliphatic heterocycles. The van der Waals surface area contributed by atoms with Crippen LogP contribution < -0.4 is 0 Å². The number of rotatable bonds is 40. The molecule has 0 heterocycles. The van der Waals surface area contributed by atoms with Crippen LogP contribution in [0.15, 0.2) is 85.1 Å². The Morgan fingerprint density at radius 3 is 1.07 bits per heavy atom. The van der Waals surface area contributed by atoms with Crippen molar-refractivity contribution >= 4 is 17.9 Å². The average Bonchev–Trinajstić information content (AvgIpc) is 3.21. The highest BCUT2D eigenvalue weighted by atomic mass is 16.6. The lowest BCUT2D eigenvalue weighted by atomic mass is 10.1. The number of hydrogen-bond acceptors (Lipinski definition) is 6. The van der Waals surface area contributed by atoms with E-state index in [1.165, 1.54) is 19.3 Å². The summed E-state index contributed by atoms with van der Waals surface area (Å²) in [7, 11) is 0. The zero-order valence-electron chi connectivity index (χ0n) is 36.8. The predicted molar refractivity (Wildman–Crippen MR) is 242 cm³/mol. The molecule has 0 aromatic rings. The summed E-state index contributed by atoms with van der Waals surface area (Å²) in [6.45, 7) is 6.28. The summed E-state index contributed by atoms with van der Waals surface area (Å²) < 4.78 is 16.6. The Morgan fingerprint density at radius 1 is 0.368 bits per heavy atom. The summed E-state index contributed by atoms with van der Waals surface area (Å²) >= 11 is 0. The molecule has 0 spiro atoms. The van der Waals surface area contributed by atoms with Crippen LogP contribution in [0.1, 0.15) is 201 Å². The minimum atomic E-state index is -0.787. The van der Waals surface area contributed by atoms with E-state index >= 15 is 0 Å². The molecule has 0 aliphatic rings. The first-order valence-corrected chi connectivity index (χ1v) is 23.1. The van der Waals surface area contributed by atoms with E-state index in [4.69, 9.17) is 14.2 Å². The number of ether oxygens (including phenoxy) is 3. The molecule has 0 aromatic heterocycles. The third-order valence-corrected chi connectivity index (χ3v) is 9.40. The first kappa shape index (κ1) is 53.6. The zero-order chi connectivity index (χ0) is 41.5. The van der Waals surface area contributed by atoms with Gasteiger partial charge < -0.3 is 14.2 Å². The summed E-state index contributed by atoms with van der Waals surface area (Å²) in [6, 6.07) is 0. The van der Waals surface area contributed by atoms with Crippen molar-refractivity contribution in [3.8, 4) is 0 Å². The standard InChI is InChI=1S/C51H84O6/c1-4-7-10-13-15-17-19-21-23-24-25-26-28-29-31-33-35-38-41-44-50(53)56-47-48(46-55-49(52)43-40-37-12-9-6-3)57-51(54)45-42-39-36-34-32-30-27-22-20-18-16-14-11-8-5-2/h7-8,10-11,15-18,21-23,25-27,48H,4-6,9,12-14,19-20,24,28-47H2,1-3H3/b10-7-,11-8-,17-15-,18-16-,23-21-,26-25-,27-22-. The van der Waals surface area contributed by atoms with Gasteiger partial charge in [0, 0.05) is 19.3 Å². The maximum Gasteiger partial charge on any atom is 0.306 e. The van der Waals surface area contributed by atoms with E-state index in [0.717, 1.165) is 141 Å². The normalized spacial score (nSPS) is 12.8. The lowest BCUT2D eigenvalue weighted by molar-refractivity contribution is -0.167. The number of hydrogen-bond donors (Lipinski definition) is 0. The topological polar surface area (TPSA) is 78.9 Å². The maximum absolute atomic E-state index is 12.7. The summed E-state index contributed by atoms with van der Waals surface area (Å²) in [6.07, 6.45) is 57.4. The highest BCUT2D eigenvalue weighted by molar-refractivity contribution is 5.71. The van der Waals surface area contributed by atoms with E-state index in [0.29, 0.717) is 19.3 Å². The Morgan fingerprint density at radius 2 is 0.684 bits per heavy atom. The molecule has 0 saturated heterocycles. The summed E-state index contributed by atoms with van der Waals surface area (Å²) in [4.78, 5) is 37.5. The van der Waals surface area contributed by atoms with E-state index in [1.807, 2.05) is 0 Å². The number of carbonyl (C=O) groups is 3. The highest BCUT2D eigenvalue weighted by Gasteiger charge is 2.19. The van der Waals surface area contributed by atoms with Crippen LogP contribution in [0.3, 0.4) is 0 Å².